The van der Waals surface area contributed by atoms with Gasteiger partial charge in [-0.2, -0.15) is 0 Å². The second kappa shape index (κ2) is 9.24. The Morgan fingerprint density at radius 1 is 1.23 bits per heavy atom. The lowest BCUT2D eigenvalue weighted by molar-refractivity contribution is -0.114. The van der Waals surface area contributed by atoms with Crippen molar-refractivity contribution in [1.29, 1.82) is 0 Å². The van der Waals surface area contributed by atoms with Crippen LogP contribution in [-0.4, -0.2) is 28.0 Å². The number of amides is 1. The summed E-state index contributed by atoms with van der Waals surface area (Å²) in [5, 5.41) is 6.61. The third-order valence-electron chi connectivity index (χ3n) is 4.31. The number of esters is 1. The van der Waals surface area contributed by atoms with E-state index in [1.54, 1.807) is 45.0 Å². The van der Waals surface area contributed by atoms with Crippen LogP contribution in [-0.2, 0) is 14.4 Å². The number of ether oxygens (including phenoxy) is 1. The topological polar surface area (TPSA) is 77.0 Å². The molecule has 1 aliphatic rings. The van der Waals surface area contributed by atoms with Crippen LogP contribution in [0.4, 0.5) is 10.1 Å². The van der Waals surface area contributed by atoms with Gasteiger partial charge in [0.15, 0.2) is 10.9 Å². The molecule has 0 fully saturated rings. The summed E-state index contributed by atoms with van der Waals surface area (Å²) in [6.07, 6.45) is -0.303. The van der Waals surface area contributed by atoms with Crippen LogP contribution in [0.3, 0.4) is 0 Å². The quantitative estimate of drug-likeness (QED) is 0.473. The third-order valence-corrected chi connectivity index (χ3v) is 4.71. The first-order valence-corrected chi connectivity index (χ1v) is 10.4. The Hall–Kier alpha value is -2.64. The average Bonchev–Trinajstić information content (AvgIpc) is 3.16. The van der Waals surface area contributed by atoms with Crippen molar-refractivity contribution in [3.63, 3.8) is 0 Å². The van der Waals surface area contributed by atoms with Gasteiger partial charge in [-0.1, -0.05) is 46.6 Å². The molecule has 2 aromatic carbocycles. The fourth-order valence-corrected chi connectivity index (χ4v) is 3.15. The Morgan fingerprint density at radius 3 is 2.61 bits per heavy atom. The number of benzene rings is 2. The van der Waals surface area contributed by atoms with Gasteiger partial charge in [-0.3, -0.25) is 4.79 Å². The molecule has 1 aliphatic heterocycles. The van der Waals surface area contributed by atoms with Crippen LogP contribution in [0.25, 0.3) is 0 Å². The summed E-state index contributed by atoms with van der Waals surface area (Å²) in [7, 11) is 0. The number of alkyl halides is 2. The molecule has 1 unspecified atom stereocenters. The Bertz CT molecular complexity index is 1030. The lowest BCUT2D eigenvalue weighted by Gasteiger charge is -2.20. The van der Waals surface area contributed by atoms with Gasteiger partial charge in [0.25, 0.3) is 5.91 Å². The number of oxime groups is 1. The van der Waals surface area contributed by atoms with Crippen LogP contribution in [0.1, 0.15) is 54.8 Å². The van der Waals surface area contributed by atoms with Gasteiger partial charge in [-0.05, 0) is 50.6 Å². The number of nitrogens with zero attached hydrogens (tertiary/aromatic N) is 1. The second-order valence-electron chi connectivity index (χ2n) is 7.92. The largest absolute Gasteiger partial charge is 0.456 e. The molecule has 3 rings (SSSR count). The van der Waals surface area contributed by atoms with Crippen LogP contribution in [0.2, 0.25) is 0 Å². The van der Waals surface area contributed by atoms with Crippen molar-refractivity contribution >= 4 is 46.5 Å². The monoisotopic (exact) mass is 466 g/mol. The molecule has 0 saturated heterocycles. The van der Waals surface area contributed by atoms with Crippen molar-refractivity contribution in [3.05, 3.63) is 65.0 Å². The first-order chi connectivity index (χ1) is 14.5. The highest BCUT2D eigenvalue weighted by atomic mass is 35.5. The summed E-state index contributed by atoms with van der Waals surface area (Å²) in [4.78, 5) is 28.6. The van der Waals surface area contributed by atoms with Gasteiger partial charge < -0.3 is 14.9 Å². The first kappa shape index (κ1) is 23.0. The SMILES string of the molecule is CC(C)(C)OC(=O)c1cccc(F)c1C1=NOC(c2cccc(NC(=O)C(Cl)Cl)c2)C1. The van der Waals surface area contributed by atoms with Gasteiger partial charge in [-0.25, -0.2) is 9.18 Å². The van der Waals surface area contributed by atoms with E-state index in [1.165, 1.54) is 18.2 Å². The fourth-order valence-electron chi connectivity index (χ4n) is 3.04. The van der Waals surface area contributed by atoms with Crippen molar-refractivity contribution in [2.75, 3.05) is 5.32 Å². The lowest BCUT2D eigenvalue weighted by atomic mass is 9.96. The smallest absolute Gasteiger partial charge is 0.339 e. The number of anilines is 1. The highest BCUT2D eigenvalue weighted by Crippen LogP contribution is 2.33. The molecule has 31 heavy (non-hydrogen) atoms. The molecule has 1 N–H and O–H groups in total. The van der Waals surface area contributed by atoms with Crippen LogP contribution in [0, 0.1) is 5.82 Å². The number of rotatable bonds is 5. The average molecular weight is 467 g/mol. The van der Waals surface area contributed by atoms with E-state index < -0.39 is 34.2 Å². The predicted molar refractivity (Wildman–Crippen MR) is 117 cm³/mol. The van der Waals surface area contributed by atoms with E-state index in [0.29, 0.717) is 17.0 Å². The molecule has 1 amide bonds. The molecule has 9 heteroatoms. The third kappa shape index (κ3) is 5.74. The number of carbonyl (C=O) groups excluding carboxylic acids is 2. The van der Waals surface area contributed by atoms with Crippen LogP contribution in [0.5, 0.6) is 0 Å². The van der Waals surface area contributed by atoms with E-state index in [9.17, 15) is 14.0 Å². The zero-order valence-electron chi connectivity index (χ0n) is 17.1. The van der Waals surface area contributed by atoms with Gasteiger partial charge in [-0.15, -0.1) is 0 Å². The lowest BCUT2D eigenvalue weighted by Crippen LogP contribution is -2.25. The molecule has 0 aliphatic carbocycles. The number of hydrogen-bond donors (Lipinski definition) is 1. The Kier molecular flexibility index (Phi) is 6.86. The van der Waals surface area contributed by atoms with Crippen LogP contribution in [0.15, 0.2) is 47.6 Å². The molecule has 0 bridgehead atoms. The zero-order chi connectivity index (χ0) is 22.8. The van der Waals surface area contributed by atoms with Crippen LogP contribution >= 0.6 is 23.2 Å². The summed E-state index contributed by atoms with van der Waals surface area (Å²) in [6.45, 7) is 5.20. The summed E-state index contributed by atoms with van der Waals surface area (Å²) in [5.74, 6) is -1.80. The van der Waals surface area contributed by atoms with Crippen molar-refractivity contribution < 1.29 is 23.6 Å². The van der Waals surface area contributed by atoms with Gasteiger partial charge in [0.2, 0.25) is 0 Å². The molecule has 0 aromatic heterocycles. The summed E-state index contributed by atoms with van der Waals surface area (Å²) in [6, 6.07) is 11.1. The molecule has 6 nitrogen and oxygen atoms in total. The maximum Gasteiger partial charge on any atom is 0.339 e. The van der Waals surface area contributed by atoms with Gasteiger partial charge in [0.05, 0.1) is 11.3 Å². The molecule has 2 aromatic rings. The zero-order valence-corrected chi connectivity index (χ0v) is 18.6. The van der Waals surface area contributed by atoms with E-state index in [-0.39, 0.29) is 17.5 Å². The molecular weight excluding hydrogens is 446 g/mol. The predicted octanol–water partition coefficient (Wildman–Crippen LogP) is 5.39. The van der Waals surface area contributed by atoms with E-state index in [0.717, 1.165) is 0 Å². The summed E-state index contributed by atoms with van der Waals surface area (Å²) >= 11 is 11.1. The van der Waals surface area contributed by atoms with Crippen molar-refractivity contribution in [2.45, 2.75) is 43.7 Å². The standard InChI is InChI=1S/C22H21Cl2FN2O4/c1-22(2,3)30-21(29)14-8-5-9-15(25)18(14)16-11-17(31-27-16)12-6-4-7-13(10-12)26-20(28)19(23)24/h4-10,17,19H,11H2,1-3H3,(H,26,28). The minimum Gasteiger partial charge on any atom is -0.456 e. The Balaban J connectivity index is 1.82. The number of carbonyl (C=O) groups is 2. The molecule has 0 radical (unpaired) electrons. The first-order valence-electron chi connectivity index (χ1n) is 9.49. The van der Waals surface area contributed by atoms with E-state index in [1.807, 2.05) is 0 Å². The molecule has 1 atom stereocenters. The highest BCUT2D eigenvalue weighted by molar-refractivity contribution is 6.54. The maximum absolute atomic E-state index is 14.7. The van der Waals surface area contributed by atoms with Gasteiger partial charge in [0.1, 0.15) is 11.4 Å². The minimum atomic E-state index is -1.20. The fraction of sp³-hybridized carbons (Fsp3) is 0.318. The summed E-state index contributed by atoms with van der Waals surface area (Å²) < 4.78 is 20.1. The van der Waals surface area contributed by atoms with Crippen molar-refractivity contribution in [1.82, 2.24) is 0 Å². The van der Waals surface area contributed by atoms with Crippen molar-refractivity contribution in [3.8, 4) is 0 Å². The van der Waals surface area contributed by atoms with E-state index in [4.69, 9.17) is 32.8 Å². The van der Waals surface area contributed by atoms with Crippen LogP contribution < -0.4 is 5.32 Å². The molecular formula is C22H21Cl2FN2O4. The molecule has 164 valence electrons. The number of nitrogens with one attached hydrogen (secondary N) is 1. The number of hydrogen-bond acceptors (Lipinski definition) is 5. The molecule has 0 saturated carbocycles. The molecule has 0 spiro atoms. The Labute approximate surface area is 189 Å². The highest BCUT2D eigenvalue weighted by Gasteiger charge is 2.30. The molecule has 1 heterocycles. The normalized spacial score (nSPS) is 16.0. The summed E-state index contributed by atoms with van der Waals surface area (Å²) in [5.41, 5.74) is 0.872. The van der Waals surface area contributed by atoms with Gasteiger partial charge >= 0.3 is 5.97 Å². The second-order valence-corrected chi connectivity index (χ2v) is 9.01. The van der Waals surface area contributed by atoms with E-state index in [2.05, 4.69) is 10.5 Å². The van der Waals surface area contributed by atoms with E-state index >= 15 is 0 Å². The maximum atomic E-state index is 14.7. The Morgan fingerprint density at radius 2 is 1.94 bits per heavy atom. The van der Waals surface area contributed by atoms with Gasteiger partial charge in [0, 0.05) is 17.7 Å². The number of halogens is 3. The minimum absolute atomic E-state index is 0.0517. The van der Waals surface area contributed by atoms with Crippen molar-refractivity contribution in [2.24, 2.45) is 5.16 Å².